The first-order chi connectivity index (χ1) is 8.36. The van der Waals surface area contributed by atoms with Crippen molar-refractivity contribution >= 4 is 0 Å². The van der Waals surface area contributed by atoms with Crippen molar-refractivity contribution in [2.45, 2.75) is 44.6 Å². The van der Waals surface area contributed by atoms with Crippen LogP contribution in [0.1, 0.15) is 38.5 Å². The summed E-state index contributed by atoms with van der Waals surface area (Å²) in [4.78, 5) is 2.69. The van der Waals surface area contributed by atoms with Crippen molar-refractivity contribution in [1.82, 2.24) is 10.2 Å². The molecule has 0 saturated carbocycles. The number of hydrogen-bond donors (Lipinski definition) is 1. The minimum atomic E-state index is 0.569. The van der Waals surface area contributed by atoms with Crippen molar-refractivity contribution in [2.75, 3.05) is 39.3 Å². The predicted molar refractivity (Wildman–Crippen MR) is 69.2 cm³/mol. The lowest BCUT2D eigenvalue weighted by atomic mass is 9.78. The average Bonchev–Trinajstić information content (AvgIpc) is 2.98. The molecule has 0 bridgehead atoms. The first kappa shape index (κ1) is 11.9. The van der Waals surface area contributed by atoms with Crippen LogP contribution in [0.15, 0.2) is 0 Å². The van der Waals surface area contributed by atoms with E-state index >= 15 is 0 Å². The monoisotopic (exact) mass is 238 g/mol. The zero-order chi connectivity index (χ0) is 11.6. The number of hydrogen-bond acceptors (Lipinski definition) is 3. The Morgan fingerprint density at radius 1 is 1.24 bits per heavy atom. The van der Waals surface area contributed by atoms with E-state index < -0.39 is 0 Å². The van der Waals surface area contributed by atoms with E-state index in [0.717, 1.165) is 6.61 Å². The molecular formula is C14H26N2O. The van der Waals surface area contributed by atoms with E-state index in [4.69, 9.17) is 4.74 Å². The molecule has 0 aromatic carbocycles. The lowest BCUT2D eigenvalue weighted by Gasteiger charge is -2.34. The Morgan fingerprint density at radius 3 is 2.88 bits per heavy atom. The molecule has 3 heteroatoms. The van der Waals surface area contributed by atoms with Crippen LogP contribution in [0.3, 0.4) is 0 Å². The molecule has 17 heavy (non-hydrogen) atoms. The molecule has 3 aliphatic heterocycles. The van der Waals surface area contributed by atoms with Crippen LogP contribution in [0.25, 0.3) is 0 Å². The van der Waals surface area contributed by atoms with E-state index in [1.807, 2.05) is 0 Å². The summed E-state index contributed by atoms with van der Waals surface area (Å²) < 4.78 is 5.71. The molecule has 3 saturated heterocycles. The summed E-state index contributed by atoms with van der Waals surface area (Å²) in [5.74, 6) is 0. The van der Waals surface area contributed by atoms with Gasteiger partial charge in [0.05, 0.1) is 6.10 Å². The number of nitrogens with one attached hydrogen (secondary N) is 1. The number of likely N-dealkylation sites (tertiary alicyclic amines) is 1. The van der Waals surface area contributed by atoms with Gasteiger partial charge < -0.3 is 15.0 Å². The van der Waals surface area contributed by atoms with Gasteiger partial charge in [0.15, 0.2) is 0 Å². The van der Waals surface area contributed by atoms with Crippen LogP contribution >= 0.6 is 0 Å². The van der Waals surface area contributed by atoms with Crippen LogP contribution in [-0.4, -0.2) is 50.3 Å². The molecule has 0 amide bonds. The molecule has 0 aromatic rings. The Balaban J connectivity index is 1.43. The summed E-state index contributed by atoms with van der Waals surface area (Å²) in [6.45, 7) is 7.41. The molecule has 98 valence electrons. The third kappa shape index (κ3) is 2.83. The maximum absolute atomic E-state index is 5.71. The molecule has 3 rings (SSSR count). The fourth-order valence-corrected chi connectivity index (χ4v) is 3.78. The fraction of sp³-hybridized carbons (Fsp3) is 1.00. The molecule has 1 spiro atoms. The van der Waals surface area contributed by atoms with Gasteiger partial charge in [-0.2, -0.15) is 0 Å². The topological polar surface area (TPSA) is 24.5 Å². The summed E-state index contributed by atoms with van der Waals surface area (Å²) in [5.41, 5.74) is 0.668. The SMILES string of the molecule is C1COC(CCN2CCC3(CCNCC3)C2)C1. The van der Waals surface area contributed by atoms with Crippen LogP contribution in [0, 0.1) is 5.41 Å². The summed E-state index contributed by atoms with van der Waals surface area (Å²) in [6.07, 6.45) is 8.62. The molecule has 1 atom stereocenters. The second kappa shape index (κ2) is 5.25. The summed E-state index contributed by atoms with van der Waals surface area (Å²) in [7, 11) is 0. The standard InChI is InChI=1S/C14H26N2O/c1-2-13(17-11-1)3-9-16-10-6-14(12-16)4-7-15-8-5-14/h13,15H,1-12H2. The van der Waals surface area contributed by atoms with Crippen molar-refractivity contribution in [3.63, 3.8) is 0 Å². The second-order valence-corrected chi connectivity index (χ2v) is 6.20. The van der Waals surface area contributed by atoms with Crippen LogP contribution in [0.4, 0.5) is 0 Å². The molecule has 3 aliphatic rings. The lowest BCUT2D eigenvalue weighted by Crippen LogP contribution is -2.39. The Bertz CT molecular complexity index is 245. The highest BCUT2D eigenvalue weighted by molar-refractivity contribution is 4.93. The van der Waals surface area contributed by atoms with Crippen LogP contribution in [0.2, 0.25) is 0 Å². The first-order valence-corrected chi connectivity index (χ1v) is 7.41. The molecule has 3 nitrogen and oxygen atoms in total. The summed E-state index contributed by atoms with van der Waals surface area (Å²) >= 11 is 0. The van der Waals surface area contributed by atoms with Gasteiger partial charge in [-0.15, -0.1) is 0 Å². The quantitative estimate of drug-likeness (QED) is 0.809. The smallest absolute Gasteiger partial charge is 0.0588 e. The zero-order valence-corrected chi connectivity index (χ0v) is 10.9. The van der Waals surface area contributed by atoms with Crippen LogP contribution < -0.4 is 5.32 Å². The molecule has 3 heterocycles. The van der Waals surface area contributed by atoms with E-state index in [-0.39, 0.29) is 0 Å². The van der Waals surface area contributed by atoms with E-state index in [1.165, 1.54) is 71.2 Å². The van der Waals surface area contributed by atoms with Crippen molar-refractivity contribution in [3.05, 3.63) is 0 Å². The van der Waals surface area contributed by atoms with Gasteiger partial charge in [-0.05, 0) is 63.6 Å². The normalized spacial score (nSPS) is 33.5. The van der Waals surface area contributed by atoms with E-state index in [2.05, 4.69) is 10.2 Å². The first-order valence-electron chi connectivity index (χ1n) is 7.41. The molecule has 3 fully saturated rings. The maximum Gasteiger partial charge on any atom is 0.0588 e. The van der Waals surface area contributed by atoms with Gasteiger partial charge in [-0.3, -0.25) is 0 Å². The van der Waals surface area contributed by atoms with Gasteiger partial charge in [0.25, 0.3) is 0 Å². The number of piperidine rings is 1. The van der Waals surface area contributed by atoms with Crippen LogP contribution in [0.5, 0.6) is 0 Å². The summed E-state index contributed by atoms with van der Waals surface area (Å²) in [6, 6.07) is 0. The van der Waals surface area contributed by atoms with Gasteiger partial charge in [0.1, 0.15) is 0 Å². The van der Waals surface area contributed by atoms with Gasteiger partial charge in [-0.1, -0.05) is 0 Å². The Hall–Kier alpha value is -0.120. The highest BCUT2D eigenvalue weighted by Crippen LogP contribution is 2.38. The zero-order valence-electron chi connectivity index (χ0n) is 10.9. The van der Waals surface area contributed by atoms with Gasteiger partial charge in [-0.25, -0.2) is 0 Å². The van der Waals surface area contributed by atoms with Gasteiger partial charge in [0, 0.05) is 19.7 Å². The number of nitrogens with zero attached hydrogens (tertiary/aromatic N) is 1. The molecular weight excluding hydrogens is 212 g/mol. The minimum absolute atomic E-state index is 0.569. The lowest BCUT2D eigenvalue weighted by molar-refractivity contribution is 0.0922. The van der Waals surface area contributed by atoms with Crippen molar-refractivity contribution in [1.29, 1.82) is 0 Å². The predicted octanol–water partition coefficient (Wildman–Crippen LogP) is 1.63. The van der Waals surface area contributed by atoms with Crippen LogP contribution in [-0.2, 0) is 4.74 Å². The van der Waals surface area contributed by atoms with E-state index in [0.29, 0.717) is 11.5 Å². The van der Waals surface area contributed by atoms with E-state index in [9.17, 15) is 0 Å². The molecule has 0 radical (unpaired) electrons. The van der Waals surface area contributed by atoms with Crippen molar-refractivity contribution < 1.29 is 4.74 Å². The molecule has 0 aromatic heterocycles. The highest BCUT2D eigenvalue weighted by atomic mass is 16.5. The Labute approximate surface area is 105 Å². The summed E-state index contributed by atoms with van der Waals surface area (Å²) in [5, 5.41) is 3.49. The largest absolute Gasteiger partial charge is 0.378 e. The van der Waals surface area contributed by atoms with E-state index in [1.54, 1.807) is 0 Å². The average molecular weight is 238 g/mol. The maximum atomic E-state index is 5.71. The fourth-order valence-electron chi connectivity index (χ4n) is 3.78. The number of rotatable bonds is 3. The molecule has 0 aliphatic carbocycles. The highest BCUT2D eigenvalue weighted by Gasteiger charge is 2.38. The second-order valence-electron chi connectivity index (χ2n) is 6.20. The van der Waals surface area contributed by atoms with Crippen molar-refractivity contribution in [2.24, 2.45) is 5.41 Å². The molecule has 1 N–H and O–H groups in total. The number of ether oxygens (including phenoxy) is 1. The third-order valence-electron chi connectivity index (χ3n) is 4.97. The van der Waals surface area contributed by atoms with Crippen molar-refractivity contribution in [3.8, 4) is 0 Å². The van der Waals surface area contributed by atoms with Gasteiger partial charge in [0.2, 0.25) is 0 Å². The Kier molecular flexibility index (Phi) is 3.69. The minimum Gasteiger partial charge on any atom is -0.378 e. The third-order valence-corrected chi connectivity index (χ3v) is 4.97. The molecule has 1 unspecified atom stereocenters. The Morgan fingerprint density at radius 2 is 2.12 bits per heavy atom. The van der Waals surface area contributed by atoms with Gasteiger partial charge >= 0.3 is 0 Å².